The summed E-state index contributed by atoms with van der Waals surface area (Å²) in [6.45, 7) is 0. The van der Waals surface area contributed by atoms with E-state index in [9.17, 15) is 24.0 Å². The molecule has 0 aliphatic rings. The van der Waals surface area contributed by atoms with Gasteiger partial charge in [-0.15, -0.1) is 0 Å². The number of hydrogen-bond donors (Lipinski definition) is 6. The van der Waals surface area contributed by atoms with Gasteiger partial charge < -0.3 is 51.5 Å². The third kappa shape index (κ3) is 12.8. The molecule has 6 N–H and O–H groups in total. The van der Waals surface area contributed by atoms with Gasteiger partial charge in [-0.2, -0.15) is 0 Å². The van der Waals surface area contributed by atoms with Crippen LogP contribution >= 0.6 is 0 Å². The van der Waals surface area contributed by atoms with Crippen molar-refractivity contribution < 1.29 is 75.5 Å². The molecule has 0 heterocycles. The molecule has 4 atom stereocenters. The van der Waals surface area contributed by atoms with Crippen LogP contribution in [-0.2, 0) is 28.7 Å². The molecule has 0 aromatic carbocycles. The summed E-state index contributed by atoms with van der Waals surface area (Å²) in [5.41, 5.74) is 0. The Morgan fingerprint density at radius 3 is 1.00 bits per heavy atom. The van der Waals surface area contributed by atoms with Crippen LogP contribution < -0.4 is 0 Å². The number of aliphatic carboxylic acids is 2. The molecule has 0 radical (unpaired) electrons. The fourth-order valence-corrected chi connectivity index (χ4v) is 0.834. The minimum atomic E-state index is -2.69. The van der Waals surface area contributed by atoms with Crippen LogP contribution in [0.5, 0.6) is 0 Å². The SMILES string of the molecule is O=C(OC(=O)C(O)C(O)C(=O)O)OC(=O)C(O)C(O)C(=O)O.[H-].[H-].[H-].[H-].[H-].[H-].[H-].[H-].[Mg+2].[Mg+2].[Mg+2].[Mg+2]. The molecule has 0 aliphatic heterocycles. The molecule has 26 heavy (non-hydrogen) atoms. The molecule has 0 bridgehead atoms. The number of carboxylic acids is 2. The summed E-state index contributed by atoms with van der Waals surface area (Å²) in [5, 5.41) is 52.0. The van der Waals surface area contributed by atoms with Gasteiger partial charge in [0, 0.05) is 0 Å². The Morgan fingerprint density at radius 2 is 0.808 bits per heavy atom. The van der Waals surface area contributed by atoms with Crippen molar-refractivity contribution in [2.24, 2.45) is 0 Å². The maximum atomic E-state index is 11.0. The fourth-order valence-electron chi connectivity index (χ4n) is 0.834. The summed E-state index contributed by atoms with van der Waals surface area (Å²) >= 11 is 0. The van der Waals surface area contributed by atoms with E-state index in [1.165, 1.54) is 0 Å². The van der Waals surface area contributed by atoms with E-state index in [-0.39, 0.29) is 104 Å². The van der Waals surface area contributed by atoms with Gasteiger partial charge in [0.1, 0.15) is 0 Å². The van der Waals surface area contributed by atoms with E-state index in [1.807, 2.05) is 0 Å². The van der Waals surface area contributed by atoms with Gasteiger partial charge in [0.05, 0.1) is 0 Å². The van der Waals surface area contributed by atoms with Crippen molar-refractivity contribution in [2.45, 2.75) is 24.4 Å². The van der Waals surface area contributed by atoms with Crippen molar-refractivity contribution in [3.05, 3.63) is 0 Å². The molecule has 0 amide bonds. The second-order valence-electron chi connectivity index (χ2n) is 3.55. The number of carbonyl (C=O) groups excluding carboxylic acids is 3. The van der Waals surface area contributed by atoms with Gasteiger partial charge in [0.15, 0.2) is 24.4 Å². The summed E-state index contributed by atoms with van der Waals surface area (Å²) in [6, 6.07) is 0. The van der Waals surface area contributed by atoms with Gasteiger partial charge in [-0.1, -0.05) is 0 Å². The molecule has 0 aliphatic carbocycles. The van der Waals surface area contributed by atoms with Crippen molar-refractivity contribution in [3.8, 4) is 0 Å². The average Bonchev–Trinajstić information content (AvgIpc) is 2.43. The van der Waals surface area contributed by atoms with Gasteiger partial charge in [0.2, 0.25) is 0 Å². The second kappa shape index (κ2) is 17.5. The minimum absolute atomic E-state index is 0. The van der Waals surface area contributed by atoms with Gasteiger partial charge >= 0.3 is 122 Å². The molecule has 0 rings (SSSR count). The predicted molar refractivity (Wildman–Crippen MR) is 88.8 cm³/mol. The first-order valence-electron chi connectivity index (χ1n) is 5.14. The molecule has 4 unspecified atom stereocenters. The summed E-state index contributed by atoms with van der Waals surface area (Å²) in [7, 11) is 0. The van der Waals surface area contributed by atoms with E-state index in [4.69, 9.17) is 30.6 Å². The third-order valence-electron chi connectivity index (χ3n) is 1.96. The monoisotopic (exact) mass is 430 g/mol. The van der Waals surface area contributed by atoms with E-state index < -0.39 is 54.4 Å². The average molecular weight is 431 g/mol. The summed E-state index contributed by atoms with van der Waals surface area (Å²) in [4.78, 5) is 53.3. The van der Waals surface area contributed by atoms with Crippen molar-refractivity contribution in [1.82, 2.24) is 0 Å². The van der Waals surface area contributed by atoms with Gasteiger partial charge in [-0.3, -0.25) is 0 Å². The molecule has 140 valence electrons. The number of aliphatic hydroxyl groups excluding tert-OH is 4. The van der Waals surface area contributed by atoms with Crippen LogP contribution in [0.15, 0.2) is 0 Å². The van der Waals surface area contributed by atoms with Crippen molar-refractivity contribution in [3.63, 3.8) is 0 Å². The van der Waals surface area contributed by atoms with Crippen LogP contribution in [0.25, 0.3) is 0 Å². The fraction of sp³-hybridized carbons (Fsp3) is 0.444. The first kappa shape index (κ1) is 37.2. The maximum Gasteiger partial charge on any atom is 2.00 e. The number of carboxylic acid groups (broad SMARTS) is 2. The van der Waals surface area contributed by atoms with Crippen LogP contribution in [0.4, 0.5) is 4.79 Å². The Hall–Kier alpha value is 0.455. The van der Waals surface area contributed by atoms with Gasteiger partial charge in [-0.05, 0) is 0 Å². The van der Waals surface area contributed by atoms with Crippen LogP contribution in [0.3, 0.4) is 0 Å². The summed E-state index contributed by atoms with van der Waals surface area (Å²) in [6.07, 6.45) is -12.8. The zero-order valence-corrected chi connectivity index (χ0v) is 18.8. The van der Waals surface area contributed by atoms with E-state index in [2.05, 4.69) is 9.47 Å². The Labute approximate surface area is 220 Å². The van der Waals surface area contributed by atoms with Gasteiger partial charge in [0.25, 0.3) is 0 Å². The number of aliphatic hydroxyl groups is 4. The van der Waals surface area contributed by atoms with E-state index >= 15 is 0 Å². The Balaban J connectivity index is -0.0000000334. The van der Waals surface area contributed by atoms with Crippen LogP contribution in [0, 0.1) is 0 Å². The van der Waals surface area contributed by atoms with Gasteiger partial charge in [-0.25, -0.2) is 24.0 Å². The normalized spacial score (nSPS) is 13.4. The Morgan fingerprint density at radius 1 is 0.577 bits per heavy atom. The molecule has 0 fully saturated rings. The predicted octanol–water partition coefficient (Wildman–Crippen LogP) is -4.82. The van der Waals surface area contributed by atoms with Crippen molar-refractivity contribution in [1.29, 1.82) is 0 Å². The molecule has 13 nitrogen and oxygen atoms in total. The largest absolute Gasteiger partial charge is 2.00 e. The Kier molecular flexibility index (Phi) is 25.1. The molecule has 0 spiro atoms. The number of carbonyl (C=O) groups is 5. The molecule has 0 aromatic heterocycles. The first-order valence-corrected chi connectivity index (χ1v) is 5.14. The second-order valence-corrected chi connectivity index (χ2v) is 3.55. The molecular formula is C9H18Mg4O13. The number of esters is 2. The topological polar surface area (TPSA) is 225 Å². The summed E-state index contributed by atoms with van der Waals surface area (Å²) < 4.78 is 7.22. The number of hydrogen-bond acceptors (Lipinski definition) is 11. The van der Waals surface area contributed by atoms with Crippen molar-refractivity contribution >= 4 is 122 Å². The molecule has 0 saturated heterocycles. The molecule has 0 saturated carbocycles. The quantitative estimate of drug-likeness (QED) is 0.132. The zero-order valence-electron chi connectivity index (χ0n) is 21.2. The minimum Gasteiger partial charge on any atom is -1.00 e. The standard InChI is InChI=1S/C9H10O13.4Mg.8H/c10-1(5(14)15)3(12)7(18)21-9(20)22-8(19)4(13)2(11)6(16)17;;;;;;;;;;;;/h1-4,10-13H,(H,14,15)(H,16,17);;;;;;;;;;;;/q;4*+2;8*-1. The smallest absolute Gasteiger partial charge is 1.00 e. The first-order chi connectivity index (χ1) is 9.98. The summed E-state index contributed by atoms with van der Waals surface area (Å²) in [5.74, 6) is -8.04. The van der Waals surface area contributed by atoms with Crippen LogP contribution in [0.1, 0.15) is 11.4 Å². The van der Waals surface area contributed by atoms with Crippen LogP contribution in [0.2, 0.25) is 0 Å². The molecule has 0 aromatic rings. The van der Waals surface area contributed by atoms with E-state index in [0.717, 1.165) is 0 Å². The number of rotatable bonds is 6. The van der Waals surface area contributed by atoms with E-state index in [1.54, 1.807) is 0 Å². The third-order valence-corrected chi connectivity index (χ3v) is 1.96. The maximum absolute atomic E-state index is 11.0. The van der Waals surface area contributed by atoms with E-state index in [0.29, 0.717) is 0 Å². The molecule has 17 heteroatoms. The van der Waals surface area contributed by atoms with Crippen LogP contribution in [-0.4, -0.2) is 177 Å². The Bertz CT molecular complexity index is 483. The zero-order chi connectivity index (χ0) is 17.6. The molecular weight excluding hydrogens is 413 g/mol. The number of ether oxygens (including phenoxy) is 2. The van der Waals surface area contributed by atoms with Crippen molar-refractivity contribution in [2.75, 3.05) is 0 Å².